The molecule has 1 aromatic carbocycles. The number of amides is 1. The molecule has 0 radical (unpaired) electrons. The molecular weight excluding hydrogens is 396 g/mol. The molecule has 9 heteroatoms. The van der Waals surface area contributed by atoms with Crippen LogP contribution in [-0.4, -0.2) is 63.0 Å². The highest BCUT2D eigenvalue weighted by Gasteiger charge is 2.32. The monoisotopic (exact) mass is 426 g/mol. The number of methoxy groups -OCH3 is 1. The summed E-state index contributed by atoms with van der Waals surface area (Å²) in [5, 5.41) is 2.68. The highest BCUT2D eigenvalue weighted by atomic mass is 32.2. The van der Waals surface area contributed by atoms with E-state index >= 15 is 0 Å². The molecule has 162 valence electrons. The van der Waals surface area contributed by atoms with E-state index in [4.69, 9.17) is 9.47 Å². The smallest absolute Gasteiger partial charge is 0.328 e. The maximum atomic E-state index is 12.9. The van der Waals surface area contributed by atoms with Crippen LogP contribution in [0, 0.1) is 5.92 Å². The summed E-state index contributed by atoms with van der Waals surface area (Å²) in [5.74, 6) is -1.07. The van der Waals surface area contributed by atoms with E-state index < -0.39 is 27.9 Å². The predicted octanol–water partition coefficient (Wildman–Crippen LogP) is 1.80. The lowest BCUT2D eigenvalue weighted by Gasteiger charge is -2.34. The van der Waals surface area contributed by atoms with Crippen molar-refractivity contribution in [2.24, 2.45) is 5.92 Å². The molecular formula is C20H30N2O6S. The van der Waals surface area contributed by atoms with Gasteiger partial charge in [0.2, 0.25) is 10.0 Å². The van der Waals surface area contributed by atoms with Crippen molar-refractivity contribution in [3.8, 4) is 0 Å². The van der Waals surface area contributed by atoms with Gasteiger partial charge in [-0.3, -0.25) is 4.79 Å². The zero-order chi connectivity index (χ0) is 21.8. The third-order valence-electron chi connectivity index (χ3n) is 5.10. The van der Waals surface area contributed by atoms with Gasteiger partial charge in [-0.1, -0.05) is 20.3 Å². The molecule has 0 unspecified atom stereocenters. The van der Waals surface area contributed by atoms with Gasteiger partial charge in [0.1, 0.15) is 6.04 Å². The molecule has 2 rings (SSSR count). The summed E-state index contributed by atoms with van der Waals surface area (Å²) in [7, 11) is -2.41. The summed E-state index contributed by atoms with van der Waals surface area (Å²) in [6, 6.07) is 4.94. The Hall–Kier alpha value is -1.97. The summed E-state index contributed by atoms with van der Waals surface area (Å²) in [6.45, 7) is 8.00. The van der Waals surface area contributed by atoms with E-state index in [9.17, 15) is 18.0 Å². The number of sulfonamides is 1. The third kappa shape index (κ3) is 5.55. The average Bonchev–Trinajstić information content (AvgIpc) is 2.70. The normalized spacial score (nSPS) is 22.5. The number of hydrogen-bond acceptors (Lipinski definition) is 6. The highest BCUT2D eigenvalue weighted by molar-refractivity contribution is 7.89. The summed E-state index contributed by atoms with van der Waals surface area (Å²) in [5.41, 5.74) is 0.268. The minimum absolute atomic E-state index is 0.101. The van der Waals surface area contributed by atoms with Crippen molar-refractivity contribution in [2.45, 2.75) is 57.3 Å². The molecule has 4 atom stereocenters. The molecule has 0 saturated carbocycles. The quantitative estimate of drug-likeness (QED) is 0.667. The van der Waals surface area contributed by atoms with E-state index in [0.717, 1.165) is 0 Å². The van der Waals surface area contributed by atoms with Gasteiger partial charge in [0.05, 0.1) is 24.2 Å². The fourth-order valence-electron chi connectivity index (χ4n) is 3.28. The Labute approximate surface area is 172 Å². The van der Waals surface area contributed by atoms with Gasteiger partial charge in [-0.25, -0.2) is 13.2 Å². The van der Waals surface area contributed by atoms with E-state index in [0.29, 0.717) is 6.42 Å². The number of ether oxygens (including phenoxy) is 2. The molecule has 0 spiro atoms. The molecule has 8 nitrogen and oxygen atoms in total. The fourth-order valence-corrected chi connectivity index (χ4v) is 4.87. The number of nitrogens with zero attached hydrogens (tertiary/aromatic N) is 1. The zero-order valence-corrected chi connectivity index (χ0v) is 18.4. The number of carbonyl (C=O) groups excluding carboxylic acids is 2. The number of esters is 1. The van der Waals surface area contributed by atoms with Crippen molar-refractivity contribution in [1.82, 2.24) is 9.62 Å². The first kappa shape index (κ1) is 23.3. The van der Waals surface area contributed by atoms with Crippen LogP contribution in [0.4, 0.5) is 0 Å². The lowest BCUT2D eigenvalue weighted by Crippen LogP contribution is -2.48. The first-order valence-electron chi connectivity index (χ1n) is 9.74. The number of benzene rings is 1. The number of hydrogen-bond donors (Lipinski definition) is 1. The lowest BCUT2D eigenvalue weighted by molar-refractivity contribution is -0.144. The van der Waals surface area contributed by atoms with E-state index in [1.165, 1.54) is 35.7 Å². The number of morpholine rings is 1. The van der Waals surface area contributed by atoms with Gasteiger partial charge >= 0.3 is 5.97 Å². The largest absolute Gasteiger partial charge is 0.467 e. The molecule has 0 aromatic heterocycles. The molecule has 1 saturated heterocycles. The van der Waals surface area contributed by atoms with Crippen molar-refractivity contribution in [2.75, 3.05) is 20.2 Å². The van der Waals surface area contributed by atoms with Crippen LogP contribution in [0.25, 0.3) is 0 Å². The molecule has 1 aliphatic heterocycles. The van der Waals surface area contributed by atoms with Crippen molar-refractivity contribution < 1.29 is 27.5 Å². The second kappa shape index (κ2) is 9.69. The van der Waals surface area contributed by atoms with Gasteiger partial charge in [-0.05, 0) is 44.0 Å². The summed E-state index contributed by atoms with van der Waals surface area (Å²) in [6.07, 6.45) is 0.317. The van der Waals surface area contributed by atoms with Gasteiger partial charge in [-0.15, -0.1) is 0 Å². The zero-order valence-electron chi connectivity index (χ0n) is 17.5. The summed E-state index contributed by atoms with van der Waals surface area (Å²) >= 11 is 0. The average molecular weight is 427 g/mol. The van der Waals surface area contributed by atoms with E-state index in [1.807, 2.05) is 27.7 Å². The van der Waals surface area contributed by atoms with E-state index in [-0.39, 0.29) is 41.7 Å². The maximum absolute atomic E-state index is 12.9. The standard InChI is InChI=1S/C20H30N2O6S/c1-6-13(2)18(20(24)27-5)21-19(23)16-7-9-17(10-8-16)29(25,26)22-11-14(3)28-15(4)12-22/h7-10,13-15,18H,6,11-12H2,1-5H3,(H,21,23)/t13-,14-,15-,18-/m0/s1. The Kier molecular flexibility index (Phi) is 7.79. The van der Waals surface area contributed by atoms with Gasteiger partial charge in [0, 0.05) is 18.7 Å². The fraction of sp³-hybridized carbons (Fsp3) is 0.600. The second-order valence-electron chi connectivity index (χ2n) is 7.46. The van der Waals surface area contributed by atoms with Crippen LogP contribution in [-0.2, 0) is 24.3 Å². The van der Waals surface area contributed by atoms with Crippen molar-refractivity contribution in [1.29, 1.82) is 0 Å². The van der Waals surface area contributed by atoms with Crippen molar-refractivity contribution >= 4 is 21.9 Å². The van der Waals surface area contributed by atoms with Gasteiger partial charge in [0.15, 0.2) is 0 Å². The molecule has 1 aromatic rings. The van der Waals surface area contributed by atoms with Crippen LogP contribution in [0.2, 0.25) is 0 Å². The lowest BCUT2D eigenvalue weighted by atomic mass is 9.99. The van der Waals surface area contributed by atoms with Crippen molar-refractivity contribution in [3.05, 3.63) is 29.8 Å². The Bertz CT molecular complexity index is 814. The predicted molar refractivity (Wildman–Crippen MR) is 108 cm³/mol. The van der Waals surface area contributed by atoms with Gasteiger partial charge < -0.3 is 14.8 Å². The first-order valence-corrected chi connectivity index (χ1v) is 11.2. The number of nitrogens with one attached hydrogen (secondary N) is 1. The van der Waals surface area contributed by atoms with Crippen LogP contribution in [0.1, 0.15) is 44.5 Å². The maximum Gasteiger partial charge on any atom is 0.328 e. The molecule has 1 amide bonds. The topological polar surface area (TPSA) is 102 Å². The molecule has 1 aliphatic rings. The Balaban J connectivity index is 2.16. The van der Waals surface area contributed by atoms with Crippen LogP contribution in [0.5, 0.6) is 0 Å². The molecule has 1 N–H and O–H groups in total. The summed E-state index contributed by atoms with van der Waals surface area (Å²) < 4.78 is 37.6. The van der Waals surface area contributed by atoms with Crippen LogP contribution in [0.3, 0.4) is 0 Å². The first-order chi connectivity index (χ1) is 13.6. The van der Waals surface area contributed by atoms with E-state index in [2.05, 4.69) is 5.32 Å². The highest BCUT2D eigenvalue weighted by Crippen LogP contribution is 2.21. The second-order valence-corrected chi connectivity index (χ2v) is 9.40. The third-order valence-corrected chi connectivity index (χ3v) is 6.94. The van der Waals surface area contributed by atoms with Gasteiger partial charge in [0.25, 0.3) is 5.91 Å². The molecule has 29 heavy (non-hydrogen) atoms. The Morgan fingerprint density at radius 3 is 2.24 bits per heavy atom. The van der Waals surface area contributed by atoms with Crippen LogP contribution in [0.15, 0.2) is 29.2 Å². The SMILES string of the molecule is CC[C@H](C)[C@H](NC(=O)c1ccc(S(=O)(=O)N2C[C@H](C)O[C@@H](C)C2)cc1)C(=O)OC. The van der Waals surface area contributed by atoms with Crippen LogP contribution < -0.4 is 5.32 Å². The Morgan fingerprint density at radius 1 is 1.21 bits per heavy atom. The number of carbonyl (C=O) groups is 2. The molecule has 1 fully saturated rings. The van der Waals surface area contributed by atoms with Gasteiger partial charge in [-0.2, -0.15) is 4.31 Å². The number of rotatable bonds is 7. The van der Waals surface area contributed by atoms with Crippen LogP contribution >= 0.6 is 0 Å². The van der Waals surface area contributed by atoms with E-state index in [1.54, 1.807) is 0 Å². The molecule has 0 bridgehead atoms. The molecule has 1 heterocycles. The summed E-state index contributed by atoms with van der Waals surface area (Å²) in [4.78, 5) is 24.6. The minimum Gasteiger partial charge on any atom is -0.467 e. The minimum atomic E-state index is -3.68. The van der Waals surface area contributed by atoms with Crippen molar-refractivity contribution in [3.63, 3.8) is 0 Å². The molecule has 0 aliphatic carbocycles. The Morgan fingerprint density at radius 2 is 1.76 bits per heavy atom.